The van der Waals surface area contributed by atoms with Crippen molar-refractivity contribution in [3.63, 3.8) is 0 Å². The lowest BCUT2D eigenvalue weighted by Crippen LogP contribution is -2.42. The van der Waals surface area contributed by atoms with Crippen molar-refractivity contribution in [2.45, 2.75) is 39.7 Å². The van der Waals surface area contributed by atoms with Gasteiger partial charge in [-0.2, -0.15) is 5.26 Å². The Bertz CT molecular complexity index is 1090. The van der Waals surface area contributed by atoms with E-state index in [4.69, 9.17) is 0 Å². The molecule has 2 aromatic carbocycles. The number of benzene rings is 2. The van der Waals surface area contributed by atoms with Crippen LogP contribution in [-0.2, 0) is 11.2 Å². The van der Waals surface area contributed by atoms with Gasteiger partial charge in [0.25, 0.3) is 5.91 Å². The summed E-state index contributed by atoms with van der Waals surface area (Å²) in [4.78, 5) is 14.6. The van der Waals surface area contributed by atoms with Crippen LogP contribution in [-0.4, -0.2) is 18.5 Å². The summed E-state index contributed by atoms with van der Waals surface area (Å²) in [6, 6.07) is 12.5. The number of hydrogen-bond donors (Lipinski definition) is 1. The van der Waals surface area contributed by atoms with Gasteiger partial charge in [0.15, 0.2) is 0 Å². The second-order valence-electron chi connectivity index (χ2n) is 8.11. The average Bonchev–Trinajstić information content (AvgIpc) is 2.71. The van der Waals surface area contributed by atoms with Crippen molar-refractivity contribution in [3.8, 4) is 6.07 Å². The highest BCUT2D eigenvalue weighted by Gasteiger charge is 2.29. The molecule has 1 heterocycles. The maximum absolute atomic E-state index is 14.9. The summed E-state index contributed by atoms with van der Waals surface area (Å²) in [5.41, 5.74) is 4.27. The predicted molar refractivity (Wildman–Crippen MR) is 121 cm³/mol. The average molecular weight is 404 g/mol. The Labute approximate surface area is 177 Å². The Morgan fingerprint density at radius 2 is 1.93 bits per heavy atom. The van der Waals surface area contributed by atoms with Gasteiger partial charge in [0.1, 0.15) is 17.5 Å². The van der Waals surface area contributed by atoms with Gasteiger partial charge in [0.2, 0.25) is 0 Å². The molecule has 4 nitrogen and oxygen atoms in total. The number of likely N-dealkylation sites (N-methyl/N-ethyl adjacent to an activating group) is 1. The lowest BCUT2D eigenvalue weighted by atomic mass is 9.88. The van der Waals surface area contributed by atoms with Crippen molar-refractivity contribution in [2.75, 3.05) is 17.3 Å². The van der Waals surface area contributed by atoms with E-state index in [-0.39, 0.29) is 16.7 Å². The van der Waals surface area contributed by atoms with Crippen molar-refractivity contribution in [3.05, 3.63) is 70.6 Å². The fraction of sp³-hybridized carbons (Fsp3) is 0.280. The van der Waals surface area contributed by atoms with Crippen molar-refractivity contribution < 1.29 is 9.18 Å². The van der Waals surface area contributed by atoms with Gasteiger partial charge in [-0.3, -0.25) is 4.79 Å². The molecule has 154 valence electrons. The van der Waals surface area contributed by atoms with E-state index in [1.807, 2.05) is 44.0 Å². The largest absolute Gasteiger partial charge is 0.365 e. The molecule has 30 heavy (non-hydrogen) atoms. The smallest absolute Gasteiger partial charge is 0.266 e. The number of nitriles is 1. The Balaban J connectivity index is 1.93. The van der Waals surface area contributed by atoms with Gasteiger partial charge in [-0.1, -0.05) is 25.1 Å². The van der Waals surface area contributed by atoms with Crippen molar-refractivity contribution in [2.24, 2.45) is 0 Å². The lowest BCUT2D eigenvalue weighted by Gasteiger charge is -2.40. The molecule has 0 spiro atoms. The molecule has 0 fully saturated rings. The maximum Gasteiger partial charge on any atom is 0.266 e. The summed E-state index contributed by atoms with van der Waals surface area (Å²) in [6.45, 7) is 8.16. The second kappa shape index (κ2) is 8.16. The van der Waals surface area contributed by atoms with Gasteiger partial charge in [0.05, 0.1) is 5.54 Å². The standard InChI is InChI=1S/C25H26FN3O/c1-6-17-7-9-20(10-8-17)28-24(30)19(15-27)11-18-12-21-16(2)14-25(3,4)29(5)23(21)13-22(18)26/h7-14H,6H2,1-5H3,(H,28,30)/b19-11+. The zero-order valence-corrected chi connectivity index (χ0v) is 18.0. The van der Waals surface area contributed by atoms with E-state index in [2.05, 4.69) is 25.2 Å². The molecule has 0 bridgehead atoms. The van der Waals surface area contributed by atoms with Crippen molar-refractivity contribution in [1.82, 2.24) is 0 Å². The summed E-state index contributed by atoms with van der Waals surface area (Å²) < 4.78 is 14.9. The van der Waals surface area contributed by atoms with Crippen LogP contribution < -0.4 is 10.2 Å². The molecule has 0 unspecified atom stereocenters. The molecule has 0 radical (unpaired) electrons. The Hall–Kier alpha value is -3.39. The molecule has 0 saturated heterocycles. The number of aryl methyl sites for hydroxylation is 1. The number of amides is 1. The lowest BCUT2D eigenvalue weighted by molar-refractivity contribution is -0.112. The first-order valence-corrected chi connectivity index (χ1v) is 9.95. The first kappa shape index (κ1) is 21.3. The maximum atomic E-state index is 14.9. The summed E-state index contributed by atoms with van der Waals surface area (Å²) in [5, 5.41) is 12.2. The number of hydrogen-bond acceptors (Lipinski definition) is 3. The van der Waals surface area contributed by atoms with Gasteiger partial charge in [-0.05, 0) is 68.7 Å². The molecule has 3 rings (SSSR count). The van der Waals surface area contributed by atoms with Crippen LogP contribution in [0.5, 0.6) is 0 Å². The Morgan fingerprint density at radius 1 is 1.27 bits per heavy atom. The molecule has 1 N–H and O–H groups in total. The zero-order valence-electron chi connectivity index (χ0n) is 18.0. The van der Waals surface area contributed by atoms with Crippen LogP contribution in [0.15, 0.2) is 48.0 Å². The van der Waals surface area contributed by atoms with Gasteiger partial charge in [-0.15, -0.1) is 0 Å². The van der Waals surface area contributed by atoms with Crippen LogP contribution in [0.4, 0.5) is 15.8 Å². The van der Waals surface area contributed by atoms with E-state index in [1.54, 1.807) is 18.2 Å². The summed E-state index contributed by atoms with van der Waals surface area (Å²) >= 11 is 0. The first-order chi connectivity index (χ1) is 14.2. The highest BCUT2D eigenvalue weighted by Crippen LogP contribution is 2.39. The predicted octanol–water partition coefficient (Wildman–Crippen LogP) is 5.57. The van der Waals surface area contributed by atoms with Crippen LogP contribution in [0, 0.1) is 17.1 Å². The molecule has 0 atom stereocenters. The number of fused-ring (bicyclic) bond motifs is 1. The minimum absolute atomic E-state index is 0.153. The fourth-order valence-electron chi connectivity index (χ4n) is 3.62. The summed E-state index contributed by atoms with van der Waals surface area (Å²) in [7, 11) is 1.93. The quantitative estimate of drug-likeness (QED) is 0.537. The monoisotopic (exact) mass is 403 g/mol. The normalized spacial score (nSPS) is 15.2. The van der Waals surface area contributed by atoms with Gasteiger partial charge < -0.3 is 10.2 Å². The van der Waals surface area contributed by atoms with Crippen molar-refractivity contribution in [1.29, 1.82) is 5.26 Å². The number of carbonyl (C=O) groups is 1. The number of allylic oxidation sites excluding steroid dienone is 1. The van der Waals surface area contributed by atoms with E-state index < -0.39 is 11.7 Å². The molecular weight excluding hydrogens is 377 g/mol. The zero-order chi connectivity index (χ0) is 22.1. The van der Waals surface area contributed by atoms with Gasteiger partial charge in [0, 0.05) is 29.5 Å². The minimum atomic E-state index is -0.565. The third kappa shape index (κ3) is 4.13. The van der Waals surface area contributed by atoms with Crippen LogP contribution in [0.1, 0.15) is 44.4 Å². The second-order valence-corrected chi connectivity index (χ2v) is 8.11. The van der Waals surface area contributed by atoms with Crippen LogP contribution in [0.2, 0.25) is 0 Å². The molecule has 0 aromatic heterocycles. The number of anilines is 2. The Kier molecular flexibility index (Phi) is 5.80. The molecule has 1 amide bonds. The number of rotatable bonds is 4. The third-order valence-corrected chi connectivity index (χ3v) is 5.62. The van der Waals surface area contributed by atoms with Gasteiger partial charge >= 0.3 is 0 Å². The number of carbonyl (C=O) groups excluding carboxylic acids is 1. The fourth-order valence-corrected chi connectivity index (χ4v) is 3.62. The van der Waals surface area contributed by atoms with Crippen LogP contribution in [0.3, 0.4) is 0 Å². The van der Waals surface area contributed by atoms with Gasteiger partial charge in [-0.25, -0.2) is 4.39 Å². The van der Waals surface area contributed by atoms with Crippen LogP contribution in [0.25, 0.3) is 11.6 Å². The SMILES string of the molecule is CCc1ccc(NC(=O)/C(C#N)=C/c2cc3c(cc2F)N(C)C(C)(C)C=C3C)cc1. The molecule has 1 aliphatic heterocycles. The van der Waals surface area contributed by atoms with E-state index in [9.17, 15) is 14.4 Å². The van der Waals surface area contributed by atoms with E-state index in [1.165, 1.54) is 12.1 Å². The number of nitrogens with zero attached hydrogens (tertiary/aromatic N) is 2. The summed E-state index contributed by atoms with van der Waals surface area (Å²) in [6.07, 6.45) is 4.33. The highest BCUT2D eigenvalue weighted by atomic mass is 19.1. The first-order valence-electron chi connectivity index (χ1n) is 9.95. The topological polar surface area (TPSA) is 56.1 Å². The van der Waals surface area contributed by atoms with E-state index in [0.717, 1.165) is 28.8 Å². The third-order valence-electron chi connectivity index (χ3n) is 5.62. The highest BCUT2D eigenvalue weighted by molar-refractivity contribution is 6.09. The summed E-state index contributed by atoms with van der Waals surface area (Å²) in [5.74, 6) is -1.04. The molecule has 2 aromatic rings. The molecular formula is C25H26FN3O. The minimum Gasteiger partial charge on any atom is -0.365 e. The van der Waals surface area contributed by atoms with Crippen molar-refractivity contribution >= 4 is 28.9 Å². The van der Waals surface area contributed by atoms with E-state index >= 15 is 0 Å². The molecule has 5 heteroatoms. The molecule has 1 aliphatic rings. The number of nitrogens with one attached hydrogen (secondary N) is 1. The van der Waals surface area contributed by atoms with E-state index in [0.29, 0.717) is 5.69 Å². The number of halogens is 1. The molecule has 0 saturated carbocycles. The molecule has 0 aliphatic carbocycles. The Morgan fingerprint density at radius 3 is 2.53 bits per heavy atom. The van der Waals surface area contributed by atoms with Crippen LogP contribution >= 0.6 is 0 Å².